The van der Waals surface area contributed by atoms with Crippen LogP contribution in [0.25, 0.3) is 0 Å². The fourth-order valence-electron chi connectivity index (χ4n) is 2.78. The number of ether oxygens (including phenoxy) is 1. The van der Waals surface area contributed by atoms with E-state index in [0.717, 1.165) is 26.3 Å². The van der Waals surface area contributed by atoms with Crippen LogP contribution in [0.4, 0.5) is 0 Å². The molecule has 0 aromatic heterocycles. The van der Waals surface area contributed by atoms with Crippen molar-refractivity contribution in [3.05, 3.63) is 35.9 Å². The summed E-state index contributed by atoms with van der Waals surface area (Å²) in [7, 11) is 0. The molecule has 1 aromatic carbocycles. The van der Waals surface area contributed by atoms with Gasteiger partial charge in [-0.2, -0.15) is 0 Å². The van der Waals surface area contributed by atoms with Crippen LogP contribution in [-0.4, -0.2) is 43.7 Å². The molecule has 0 bridgehead atoms. The van der Waals surface area contributed by atoms with Gasteiger partial charge in [0.25, 0.3) is 0 Å². The number of nitrogens with zero attached hydrogens (tertiary/aromatic N) is 1. The van der Waals surface area contributed by atoms with E-state index in [2.05, 4.69) is 55.3 Å². The van der Waals surface area contributed by atoms with E-state index in [0.29, 0.717) is 13.0 Å². The molecule has 122 valence electrons. The number of hydrogen-bond acceptors (Lipinski definition) is 3. The number of morpholine rings is 1. The molecule has 4 nitrogen and oxygen atoms in total. The Morgan fingerprint density at radius 2 is 1.86 bits per heavy atom. The first kappa shape index (κ1) is 17.0. The average Bonchev–Trinajstić information content (AvgIpc) is 2.48. The second-order valence-electron chi connectivity index (χ2n) is 7.12. The number of hydrogen-bond donors (Lipinski definition) is 1. The normalized spacial score (nSPS) is 18.0. The van der Waals surface area contributed by atoms with Crippen LogP contribution in [0.1, 0.15) is 38.8 Å². The minimum absolute atomic E-state index is 0.0191. The molecule has 1 amide bonds. The molecule has 4 heteroatoms. The number of nitrogens with one attached hydrogen (secondary N) is 1. The van der Waals surface area contributed by atoms with Gasteiger partial charge in [-0.3, -0.25) is 9.69 Å². The van der Waals surface area contributed by atoms with Gasteiger partial charge in [0.2, 0.25) is 5.91 Å². The lowest BCUT2D eigenvalue weighted by Gasteiger charge is -2.35. The maximum atomic E-state index is 12.1. The zero-order chi connectivity index (χ0) is 16.0. The summed E-state index contributed by atoms with van der Waals surface area (Å²) >= 11 is 0. The SMILES string of the molecule is CC(C)(C)CC(=O)NCC(c1ccccc1)N1CCOCC1. The fraction of sp³-hybridized carbons (Fsp3) is 0.611. The Hall–Kier alpha value is -1.39. The Bertz CT molecular complexity index is 462. The van der Waals surface area contributed by atoms with E-state index in [-0.39, 0.29) is 17.4 Å². The molecule has 1 saturated heterocycles. The third-order valence-electron chi connectivity index (χ3n) is 3.85. The lowest BCUT2D eigenvalue weighted by molar-refractivity contribution is -0.123. The van der Waals surface area contributed by atoms with Crippen molar-refractivity contribution in [2.45, 2.75) is 33.2 Å². The van der Waals surface area contributed by atoms with Gasteiger partial charge in [0.15, 0.2) is 0 Å². The second-order valence-corrected chi connectivity index (χ2v) is 7.12. The topological polar surface area (TPSA) is 41.6 Å². The first-order chi connectivity index (χ1) is 10.5. The lowest BCUT2D eigenvalue weighted by Crippen LogP contribution is -2.44. The zero-order valence-electron chi connectivity index (χ0n) is 14.0. The molecular formula is C18H28N2O2. The highest BCUT2D eigenvalue weighted by atomic mass is 16.5. The van der Waals surface area contributed by atoms with Crippen LogP contribution in [-0.2, 0) is 9.53 Å². The van der Waals surface area contributed by atoms with E-state index in [1.165, 1.54) is 5.56 Å². The van der Waals surface area contributed by atoms with E-state index < -0.39 is 0 Å². The Morgan fingerprint density at radius 1 is 1.23 bits per heavy atom. The summed E-state index contributed by atoms with van der Waals surface area (Å²) < 4.78 is 5.45. The molecule has 22 heavy (non-hydrogen) atoms. The molecule has 1 atom stereocenters. The predicted molar refractivity (Wildman–Crippen MR) is 88.7 cm³/mol. The minimum atomic E-state index is 0.0191. The van der Waals surface area contributed by atoms with Crippen molar-refractivity contribution in [3.8, 4) is 0 Å². The van der Waals surface area contributed by atoms with Crippen molar-refractivity contribution in [2.24, 2.45) is 5.41 Å². The molecule has 1 aliphatic rings. The number of amides is 1. The number of carbonyl (C=O) groups is 1. The van der Waals surface area contributed by atoms with Crippen LogP contribution < -0.4 is 5.32 Å². The Morgan fingerprint density at radius 3 is 2.45 bits per heavy atom. The van der Waals surface area contributed by atoms with Crippen LogP contribution in [0, 0.1) is 5.41 Å². The van der Waals surface area contributed by atoms with Gasteiger partial charge in [-0.1, -0.05) is 51.1 Å². The molecule has 1 unspecified atom stereocenters. The summed E-state index contributed by atoms with van der Waals surface area (Å²) in [6, 6.07) is 10.6. The third-order valence-corrected chi connectivity index (χ3v) is 3.85. The van der Waals surface area contributed by atoms with Gasteiger partial charge in [0, 0.05) is 26.1 Å². The van der Waals surface area contributed by atoms with Gasteiger partial charge in [-0.15, -0.1) is 0 Å². The van der Waals surface area contributed by atoms with E-state index >= 15 is 0 Å². The van der Waals surface area contributed by atoms with Crippen molar-refractivity contribution >= 4 is 5.91 Å². The highest BCUT2D eigenvalue weighted by Crippen LogP contribution is 2.22. The molecular weight excluding hydrogens is 276 g/mol. The van der Waals surface area contributed by atoms with Crippen LogP contribution in [0.2, 0.25) is 0 Å². The van der Waals surface area contributed by atoms with Gasteiger partial charge in [0.1, 0.15) is 0 Å². The first-order valence-electron chi connectivity index (χ1n) is 8.09. The summed E-state index contributed by atoms with van der Waals surface area (Å²) in [6.07, 6.45) is 0.553. The van der Waals surface area contributed by atoms with E-state index in [1.54, 1.807) is 0 Å². The molecule has 1 aromatic rings. The highest BCUT2D eigenvalue weighted by Gasteiger charge is 2.24. The van der Waals surface area contributed by atoms with Crippen molar-refractivity contribution < 1.29 is 9.53 Å². The van der Waals surface area contributed by atoms with Crippen LogP contribution in [0.3, 0.4) is 0 Å². The molecule has 1 aliphatic heterocycles. The first-order valence-corrected chi connectivity index (χ1v) is 8.09. The Kier molecular flexibility index (Phi) is 5.98. The zero-order valence-corrected chi connectivity index (χ0v) is 14.0. The molecule has 0 spiro atoms. The summed E-state index contributed by atoms with van der Waals surface area (Å²) in [6.45, 7) is 10.3. The predicted octanol–water partition coefficient (Wildman–Crippen LogP) is 2.61. The smallest absolute Gasteiger partial charge is 0.220 e. The van der Waals surface area contributed by atoms with Crippen molar-refractivity contribution in [3.63, 3.8) is 0 Å². The second kappa shape index (κ2) is 7.75. The monoisotopic (exact) mass is 304 g/mol. The molecule has 1 heterocycles. The molecule has 0 radical (unpaired) electrons. The summed E-state index contributed by atoms with van der Waals surface area (Å²) in [5.74, 6) is 0.127. The average molecular weight is 304 g/mol. The van der Waals surface area contributed by atoms with E-state index in [1.807, 2.05) is 6.07 Å². The number of carbonyl (C=O) groups excluding carboxylic acids is 1. The van der Waals surface area contributed by atoms with Crippen molar-refractivity contribution in [1.82, 2.24) is 10.2 Å². The third kappa shape index (κ3) is 5.43. The number of benzene rings is 1. The molecule has 0 aliphatic carbocycles. The number of rotatable bonds is 5. The van der Waals surface area contributed by atoms with Gasteiger partial charge < -0.3 is 10.1 Å². The van der Waals surface area contributed by atoms with Crippen LogP contribution in [0.5, 0.6) is 0 Å². The maximum Gasteiger partial charge on any atom is 0.220 e. The van der Waals surface area contributed by atoms with E-state index in [4.69, 9.17) is 4.74 Å². The lowest BCUT2D eigenvalue weighted by atomic mass is 9.92. The minimum Gasteiger partial charge on any atom is -0.379 e. The van der Waals surface area contributed by atoms with E-state index in [9.17, 15) is 4.79 Å². The molecule has 2 rings (SSSR count). The maximum absolute atomic E-state index is 12.1. The quantitative estimate of drug-likeness (QED) is 0.909. The van der Waals surface area contributed by atoms with Gasteiger partial charge >= 0.3 is 0 Å². The van der Waals surface area contributed by atoms with Gasteiger partial charge in [0.05, 0.1) is 19.3 Å². The highest BCUT2D eigenvalue weighted by molar-refractivity contribution is 5.76. The van der Waals surface area contributed by atoms with Crippen LogP contribution >= 0.6 is 0 Å². The Balaban J connectivity index is 2.00. The van der Waals surface area contributed by atoms with Gasteiger partial charge in [-0.05, 0) is 11.0 Å². The standard InChI is InChI=1S/C18H28N2O2/c1-18(2,3)13-17(21)19-14-16(15-7-5-4-6-8-15)20-9-11-22-12-10-20/h4-8,16H,9-14H2,1-3H3,(H,19,21). The summed E-state index contributed by atoms with van der Waals surface area (Å²) in [5, 5.41) is 3.11. The molecule has 0 saturated carbocycles. The van der Waals surface area contributed by atoms with Crippen LogP contribution in [0.15, 0.2) is 30.3 Å². The Labute approximate surface area is 133 Å². The van der Waals surface area contributed by atoms with Crippen molar-refractivity contribution in [2.75, 3.05) is 32.8 Å². The molecule has 1 fully saturated rings. The summed E-state index contributed by atoms with van der Waals surface area (Å²) in [5.41, 5.74) is 1.27. The summed E-state index contributed by atoms with van der Waals surface area (Å²) in [4.78, 5) is 14.5. The fourth-order valence-corrected chi connectivity index (χ4v) is 2.78. The van der Waals surface area contributed by atoms with Gasteiger partial charge in [-0.25, -0.2) is 0 Å². The largest absolute Gasteiger partial charge is 0.379 e. The van der Waals surface area contributed by atoms with Crippen molar-refractivity contribution in [1.29, 1.82) is 0 Å². The molecule has 1 N–H and O–H groups in total.